The van der Waals surface area contributed by atoms with Crippen molar-refractivity contribution < 1.29 is 27.5 Å². The molecule has 0 radical (unpaired) electrons. The van der Waals surface area contributed by atoms with Crippen molar-refractivity contribution in [3.05, 3.63) is 83.7 Å². The molecule has 2 aromatic carbocycles. The van der Waals surface area contributed by atoms with Crippen molar-refractivity contribution in [1.82, 2.24) is 9.38 Å². The number of alkyl halides is 3. The Morgan fingerprint density at radius 2 is 1.59 bits per heavy atom. The van der Waals surface area contributed by atoms with E-state index in [-0.39, 0.29) is 39.5 Å². The number of pyridine rings is 1. The third kappa shape index (κ3) is 3.85. The van der Waals surface area contributed by atoms with Crippen LogP contribution in [0.15, 0.2) is 66.9 Å². The van der Waals surface area contributed by atoms with E-state index in [4.69, 9.17) is 16.2 Å². The molecule has 0 saturated carbocycles. The topological polar surface area (TPSA) is 113 Å². The fraction of sp³-hybridized carbons (Fsp3) is 0.0455. The van der Waals surface area contributed by atoms with Crippen molar-refractivity contribution in [1.29, 1.82) is 0 Å². The highest BCUT2D eigenvalue weighted by Gasteiger charge is 2.38. The Morgan fingerprint density at radius 3 is 2.22 bits per heavy atom. The van der Waals surface area contributed by atoms with Crippen LogP contribution in [-0.4, -0.2) is 21.2 Å². The maximum Gasteiger partial charge on any atom is 0.435 e. The Balaban J connectivity index is 1.78. The van der Waals surface area contributed by atoms with E-state index in [1.807, 2.05) is 0 Å². The minimum atomic E-state index is -4.73. The lowest BCUT2D eigenvalue weighted by Crippen LogP contribution is -2.12. The van der Waals surface area contributed by atoms with Gasteiger partial charge in [-0.3, -0.25) is 14.0 Å². The maximum absolute atomic E-state index is 13.7. The van der Waals surface area contributed by atoms with Gasteiger partial charge in [-0.1, -0.05) is 12.1 Å². The van der Waals surface area contributed by atoms with E-state index >= 15 is 0 Å². The zero-order chi connectivity index (χ0) is 23.0. The number of nitrogens with zero attached hydrogens (tertiary/aromatic N) is 2. The smallest absolute Gasteiger partial charge is 0.435 e. The Bertz CT molecular complexity index is 1350. The van der Waals surface area contributed by atoms with Crippen LogP contribution in [0.2, 0.25) is 0 Å². The second-order valence-electron chi connectivity index (χ2n) is 6.80. The molecule has 0 bridgehead atoms. The first-order chi connectivity index (χ1) is 15.1. The number of aromatic nitrogens is 2. The van der Waals surface area contributed by atoms with Crippen LogP contribution in [0.4, 0.5) is 13.2 Å². The van der Waals surface area contributed by atoms with Gasteiger partial charge < -0.3 is 16.2 Å². The third-order valence-corrected chi connectivity index (χ3v) is 4.68. The van der Waals surface area contributed by atoms with Gasteiger partial charge in [-0.05, 0) is 48.5 Å². The van der Waals surface area contributed by atoms with Gasteiger partial charge in [-0.25, -0.2) is 4.98 Å². The first kappa shape index (κ1) is 20.9. The van der Waals surface area contributed by atoms with Crippen LogP contribution in [0.1, 0.15) is 26.4 Å². The molecule has 2 amide bonds. The Kier molecular flexibility index (Phi) is 5.05. The predicted octanol–water partition coefficient (Wildman–Crippen LogP) is 4.01. The average Bonchev–Trinajstić information content (AvgIpc) is 3.14. The number of carbonyl (C=O) groups is 2. The minimum Gasteiger partial charge on any atom is -0.457 e. The summed E-state index contributed by atoms with van der Waals surface area (Å²) in [6.07, 6.45) is -3.52. The zero-order valence-corrected chi connectivity index (χ0v) is 16.3. The largest absolute Gasteiger partial charge is 0.457 e. The van der Waals surface area contributed by atoms with Crippen LogP contribution < -0.4 is 16.2 Å². The Hall–Kier alpha value is -4.34. The number of ether oxygens (including phenoxy) is 1. The molecule has 7 nitrogen and oxygen atoms in total. The monoisotopic (exact) mass is 440 g/mol. The molecule has 2 heterocycles. The number of hydrogen-bond acceptors (Lipinski definition) is 4. The minimum absolute atomic E-state index is 0.00744. The van der Waals surface area contributed by atoms with Crippen LogP contribution in [0.3, 0.4) is 0 Å². The Labute approximate surface area is 179 Å². The van der Waals surface area contributed by atoms with Gasteiger partial charge >= 0.3 is 6.18 Å². The van der Waals surface area contributed by atoms with Crippen LogP contribution in [-0.2, 0) is 6.18 Å². The van der Waals surface area contributed by atoms with E-state index in [1.54, 1.807) is 18.2 Å². The normalized spacial score (nSPS) is 11.5. The quantitative estimate of drug-likeness (QED) is 0.488. The van der Waals surface area contributed by atoms with Gasteiger partial charge in [0.2, 0.25) is 5.91 Å². The molecule has 0 aliphatic heterocycles. The first-order valence-electron chi connectivity index (χ1n) is 9.21. The molecule has 2 aromatic heterocycles. The van der Waals surface area contributed by atoms with Crippen LogP contribution >= 0.6 is 0 Å². The molecule has 4 aromatic rings. The summed E-state index contributed by atoms with van der Waals surface area (Å²) < 4.78 is 47.9. The average molecular weight is 440 g/mol. The van der Waals surface area contributed by atoms with Crippen molar-refractivity contribution in [2.24, 2.45) is 11.5 Å². The molecule has 32 heavy (non-hydrogen) atoms. The summed E-state index contributed by atoms with van der Waals surface area (Å²) in [6.45, 7) is 0. The Morgan fingerprint density at radius 1 is 0.906 bits per heavy atom. The predicted molar refractivity (Wildman–Crippen MR) is 109 cm³/mol. The van der Waals surface area contributed by atoms with Gasteiger partial charge in [0, 0.05) is 11.8 Å². The number of para-hydroxylation sites is 1. The molecule has 4 N–H and O–H groups in total. The number of imidazole rings is 1. The number of halogens is 3. The molecular weight excluding hydrogens is 425 g/mol. The second kappa shape index (κ2) is 7.73. The van der Waals surface area contributed by atoms with Crippen molar-refractivity contribution in [3.63, 3.8) is 0 Å². The number of nitrogens with two attached hydrogens (primary N) is 2. The van der Waals surface area contributed by atoms with E-state index in [9.17, 15) is 22.8 Å². The van der Waals surface area contributed by atoms with E-state index in [0.29, 0.717) is 0 Å². The SMILES string of the molecule is NC(=O)c1ccc2nc(C(F)(F)F)c(-c3ccc(Oc4ccccc4C(N)=O)cc3)n2c1. The summed E-state index contributed by atoms with van der Waals surface area (Å²) in [7, 11) is 0. The number of hydrogen-bond donors (Lipinski definition) is 2. The van der Waals surface area contributed by atoms with Crippen molar-refractivity contribution in [3.8, 4) is 22.8 Å². The first-order valence-corrected chi connectivity index (χ1v) is 9.21. The number of rotatable bonds is 5. The van der Waals surface area contributed by atoms with Crippen LogP contribution in [0.25, 0.3) is 16.9 Å². The van der Waals surface area contributed by atoms with E-state index < -0.39 is 23.7 Å². The van der Waals surface area contributed by atoms with Gasteiger partial charge in [-0.15, -0.1) is 0 Å². The molecule has 0 fully saturated rings. The van der Waals surface area contributed by atoms with Crippen molar-refractivity contribution >= 4 is 17.5 Å². The number of primary amides is 2. The number of amides is 2. The fourth-order valence-corrected chi connectivity index (χ4v) is 3.23. The molecule has 0 saturated heterocycles. The maximum atomic E-state index is 13.7. The van der Waals surface area contributed by atoms with E-state index in [0.717, 1.165) is 0 Å². The van der Waals surface area contributed by atoms with Crippen LogP contribution in [0.5, 0.6) is 11.5 Å². The standard InChI is InChI=1S/C22H15F3N4O3/c23-22(24,25)19-18(29-11-13(20(26)30)7-10-17(29)28-19)12-5-8-14(9-6-12)32-16-4-2-1-3-15(16)21(27)31/h1-11H,(H2,26,30)(H2,27,31). The molecule has 4 rings (SSSR count). The summed E-state index contributed by atoms with van der Waals surface area (Å²) in [5.41, 5.74) is 9.63. The highest BCUT2D eigenvalue weighted by Crippen LogP contribution is 2.38. The molecular formula is C22H15F3N4O3. The van der Waals surface area contributed by atoms with E-state index in [1.165, 1.54) is 53.1 Å². The van der Waals surface area contributed by atoms with Gasteiger partial charge in [0.15, 0.2) is 5.69 Å². The van der Waals surface area contributed by atoms with Gasteiger partial charge in [0.25, 0.3) is 5.91 Å². The van der Waals surface area contributed by atoms with Crippen molar-refractivity contribution in [2.45, 2.75) is 6.18 Å². The highest BCUT2D eigenvalue weighted by molar-refractivity contribution is 5.95. The third-order valence-electron chi connectivity index (χ3n) is 4.68. The lowest BCUT2D eigenvalue weighted by Gasteiger charge is -2.11. The molecule has 10 heteroatoms. The summed E-state index contributed by atoms with van der Waals surface area (Å²) in [6, 6.07) is 14.6. The van der Waals surface area contributed by atoms with Gasteiger partial charge in [0.1, 0.15) is 17.1 Å². The summed E-state index contributed by atoms with van der Waals surface area (Å²) in [5.74, 6) is -0.965. The number of carbonyl (C=O) groups excluding carboxylic acids is 2. The lowest BCUT2D eigenvalue weighted by atomic mass is 10.1. The van der Waals surface area contributed by atoms with Crippen molar-refractivity contribution in [2.75, 3.05) is 0 Å². The van der Waals surface area contributed by atoms with E-state index in [2.05, 4.69) is 4.98 Å². The number of fused-ring (bicyclic) bond motifs is 1. The molecule has 0 unspecified atom stereocenters. The van der Waals surface area contributed by atoms with Gasteiger partial charge in [0.05, 0.1) is 16.8 Å². The highest BCUT2D eigenvalue weighted by atomic mass is 19.4. The second-order valence-corrected chi connectivity index (χ2v) is 6.80. The lowest BCUT2D eigenvalue weighted by molar-refractivity contribution is -0.140. The summed E-state index contributed by atoms with van der Waals surface area (Å²) in [5, 5.41) is 0. The van der Waals surface area contributed by atoms with Crippen LogP contribution in [0, 0.1) is 0 Å². The zero-order valence-electron chi connectivity index (χ0n) is 16.3. The van der Waals surface area contributed by atoms with Gasteiger partial charge in [-0.2, -0.15) is 13.2 Å². The molecule has 0 spiro atoms. The molecule has 162 valence electrons. The molecule has 0 aliphatic rings. The summed E-state index contributed by atoms with van der Waals surface area (Å²) in [4.78, 5) is 26.7. The number of benzene rings is 2. The molecule has 0 aliphatic carbocycles. The fourth-order valence-electron chi connectivity index (χ4n) is 3.23. The summed E-state index contributed by atoms with van der Waals surface area (Å²) >= 11 is 0. The molecule has 0 atom stereocenters.